The van der Waals surface area contributed by atoms with Crippen LogP contribution in [0.3, 0.4) is 0 Å². The summed E-state index contributed by atoms with van der Waals surface area (Å²) in [5, 5.41) is 9.96. The Morgan fingerprint density at radius 2 is 1.75 bits per heavy atom. The first-order chi connectivity index (χ1) is 13.0. The topological polar surface area (TPSA) is 99.4 Å². The Balaban J connectivity index is 0.00000225. The van der Waals surface area contributed by atoms with Gasteiger partial charge in [0, 0.05) is 35.4 Å². The van der Waals surface area contributed by atoms with E-state index in [0.717, 1.165) is 53.8 Å². The number of carboxylic acids is 1. The van der Waals surface area contributed by atoms with E-state index >= 15 is 0 Å². The number of fused-ring (bicyclic) bond motifs is 1. The van der Waals surface area contributed by atoms with Crippen molar-refractivity contribution >= 4 is 55.0 Å². The van der Waals surface area contributed by atoms with E-state index in [1.54, 1.807) is 18.2 Å². The number of nitrogens with one attached hydrogen (secondary N) is 1. The number of H-pyrrole nitrogens is 1. The summed E-state index contributed by atoms with van der Waals surface area (Å²) in [5.41, 5.74) is 9.80. The minimum absolute atomic E-state index is 0. The summed E-state index contributed by atoms with van der Waals surface area (Å²) >= 11 is 0. The summed E-state index contributed by atoms with van der Waals surface area (Å²) in [6.45, 7) is 1.87. The number of amides is 1. The maximum atomic E-state index is 12.1. The Hall–Kier alpha value is -2.38. The Bertz CT molecular complexity index is 1040. The molecule has 0 spiro atoms. The monoisotopic (exact) mass is 574 g/mol. The second-order valence-corrected chi connectivity index (χ2v) is 6.93. The number of rotatable bonds is 4. The van der Waals surface area contributed by atoms with Crippen LogP contribution in [-0.4, -0.2) is 61.6 Å². The van der Waals surface area contributed by atoms with Crippen molar-refractivity contribution in [2.24, 2.45) is 5.73 Å². The summed E-state index contributed by atoms with van der Waals surface area (Å²) in [4.78, 5) is 28.7. The average molecular weight is 574 g/mol. The summed E-state index contributed by atoms with van der Waals surface area (Å²) in [6, 6.07) is 12.6. The van der Waals surface area contributed by atoms with Gasteiger partial charge in [-0.25, -0.2) is 4.79 Å². The quantitative estimate of drug-likeness (QED) is 0.447. The van der Waals surface area contributed by atoms with Gasteiger partial charge in [0.1, 0.15) is 0 Å². The average Bonchev–Trinajstić information content (AvgIpc) is 3.11. The van der Waals surface area contributed by atoms with Crippen LogP contribution in [0.5, 0.6) is 0 Å². The number of carboxylic acid groups (broad SMARTS) is 1. The van der Waals surface area contributed by atoms with Crippen LogP contribution in [0.1, 0.15) is 40.0 Å². The van der Waals surface area contributed by atoms with E-state index in [1.165, 1.54) is 6.42 Å². The minimum atomic E-state index is -0.957. The Morgan fingerprint density at radius 3 is 2.43 bits per heavy atom. The third kappa shape index (κ3) is 3.91. The SMILES string of the molecule is NC(=O)c1cc(-c2cc3cc(C(=O)O)ccc3[nH]2)ccc1N1CCCCC1.[PoH2]. The van der Waals surface area contributed by atoms with Gasteiger partial charge in [-0.1, -0.05) is 6.07 Å². The molecule has 0 atom stereocenters. The van der Waals surface area contributed by atoms with Gasteiger partial charge in [0.25, 0.3) is 5.91 Å². The molecule has 7 heteroatoms. The first-order valence-corrected chi connectivity index (χ1v) is 9.08. The van der Waals surface area contributed by atoms with E-state index in [-0.39, 0.29) is 32.1 Å². The molecule has 1 saturated heterocycles. The molecule has 1 amide bonds. The van der Waals surface area contributed by atoms with Crippen molar-refractivity contribution in [1.82, 2.24) is 4.98 Å². The predicted octanol–water partition coefficient (Wildman–Crippen LogP) is 2.71. The van der Waals surface area contributed by atoms with Gasteiger partial charge in [-0.3, -0.25) is 4.79 Å². The van der Waals surface area contributed by atoms with Crippen LogP contribution in [0.25, 0.3) is 22.2 Å². The Labute approximate surface area is 182 Å². The zero-order chi connectivity index (χ0) is 19.0. The fourth-order valence-electron chi connectivity index (χ4n) is 3.73. The number of nitrogens with zero attached hydrogens (tertiary/aromatic N) is 1. The van der Waals surface area contributed by atoms with Crippen LogP contribution in [0.2, 0.25) is 0 Å². The number of benzene rings is 2. The molecule has 1 fully saturated rings. The number of carbonyl (C=O) groups is 2. The van der Waals surface area contributed by atoms with Crippen LogP contribution in [0.4, 0.5) is 5.69 Å². The number of hydrogen-bond acceptors (Lipinski definition) is 3. The summed E-state index contributed by atoms with van der Waals surface area (Å²) in [7, 11) is 0. The van der Waals surface area contributed by atoms with Gasteiger partial charge in [0.15, 0.2) is 0 Å². The maximum absolute atomic E-state index is 12.1. The van der Waals surface area contributed by atoms with Crippen molar-refractivity contribution < 1.29 is 14.7 Å². The summed E-state index contributed by atoms with van der Waals surface area (Å²) in [6.07, 6.45) is 3.45. The first kappa shape index (κ1) is 20.4. The number of nitrogens with two attached hydrogens (primary N) is 1. The molecule has 28 heavy (non-hydrogen) atoms. The first-order valence-electron chi connectivity index (χ1n) is 9.08. The number of aromatic nitrogens is 1. The molecule has 2 heterocycles. The number of piperidine rings is 1. The van der Waals surface area contributed by atoms with Crippen LogP contribution in [0, 0.1) is 0 Å². The van der Waals surface area contributed by atoms with Gasteiger partial charge < -0.3 is 20.7 Å². The molecule has 1 aromatic heterocycles. The number of hydrogen-bond donors (Lipinski definition) is 3. The number of primary amides is 1. The molecule has 1 aliphatic heterocycles. The molecule has 0 unspecified atom stereocenters. The molecular formula is C21H23N3O3Po. The van der Waals surface area contributed by atoms with Crippen LogP contribution in [0.15, 0.2) is 42.5 Å². The third-order valence-electron chi connectivity index (χ3n) is 5.14. The molecule has 4 rings (SSSR count). The Morgan fingerprint density at radius 1 is 1.00 bits per heavy atom. The number of aromatic amines is 1. The fourth-order valence-corrected chi connectivity index (χ4v) is 3.73. The number of carbonyl (C=O) groups excluding carboxylic acids is 1. The fraction of sp³-hybridized carbons (Fsp3) is 0.238. The van der Waals surface area contributed by atoms with E-state index < -0.39 is 11.9 Å². The van der Waals surface area contributed by atoms with Crippen LogP contribution < -0.4 is 10.6 Å². The van der Waals surface area contributed by atoms with E-state index in [1.807, 2.05) is 24.3 Å². The van der Waals surface area contributed by atoms with Crippen molar-refractivity contribution in [1.29, 1.82) is 0 Å². The zero-order valence-electron chi connectivity index (χ0n) is 15.4. The summed E-state index contributed by atoms with van der Waals surface area (Å²) in [5.74, 6) is -1.40. The summed E-state index contributed by atoms with van der Waals surface area (Å²) < 4.78 is 0. The van der Waals surface area contributed by atoms with Gasteiger partial charge in [0.2, 0.25) is 0 Å². The third-order valence-corrected chi connectivity index (χ3v) is 5.14. The molecular weight excluding hydrogens is 551 g/mol. The van der Waals surface area contributed by atoms with E-state index in [2.05, 4.69) is 9.88 Å². The molecule has 0 radical (unpaired) electrons. The molecule has 0 bridgehead atoms. The van der Waals surface area contributed by atoms with Gasteiger partial charge in [0.05, 0.1) is 11.1 Å². The predicted molar refractivity (Wildman–Crippen MR) is 114 cm³/mol. The number of anilines is 1. The normalized spacial score (nSPS) is 13.9. The molecule has 0 saturated carbocycles. The van der Waals surface area contributed by atoms with Gasteiger partial charge in [-0.2, -0.15) is 0 Å². The molecule has 2 aromatic carbocycles. The molecule has 1 aliphatic rings. The van der Waals surface area contributed by atoms with Crippen LogP contribution in [-0.2, 0) is 0 Å². The van der Waals surface area contributed by atoms with Gasteiger partial charge in [-0.15, -0.1) is 0 Å². The van der Waals surface area contributed by atoms with Crippen molar-refractivity contribution in [3.63, 3.8) is 0 Å². The molecule has 3 aromatic rings. The van der Waals surface area contributed by atoms with E-state index in [4.69, 9.17) is 10.8 Å². The van der Waals surface area contributed by atoms with E-state index in [0.29, 0.717) is 5.56 Å². The Kier molecular flexibility index (Phi) is 6.05. The van der Waals surface area contributed by atoms with Gasteiger partial charge in [-0.05, 0) is 61.2 Å². The number of aromatic carboxylic acids is 1. The molecule has 6 nitrogen and oxygen atoms in total. The molecule has 0 aliphatic carbocycles. The standard InChI is InChI=1S/C21H21N3O3.Po.2H/c22-20(25)16-11-13(5-7-19(16)24-8-2-1-3-9-24)18-12-15-10-14(21(26)27)4-6-17(15)23-18;;;/h4-7,10-12,23H,1-3,8-9H2,(H2,22,25)(H,26,27);;;. The van der Waals surface area contributed by atoms with Crippen molar-refractivity contribution in [3.05, 3.63) is 53.6 Å². The molecule has 146 valence electrons. The van der Waals surface area contributed by atoms with Crippen molar-refractivity contribution in [2.75, 3.05) is 18.0 Å². The zero-order valence-corrected chi connectivity index (χ0v) is 19.3. The second-order valence-electron chi connectivity index (χ2n) is 6.93. The van der Waals surface area contributed by atoms with Crippen LogP contribution >= 0.6 is 0 Å². The van der Waals surface area contributed by atoms with Crippen molar-refractivity contribution in [2.45, 2.75) is 19.3 Å². The second kappa shape index (κ2) is 8.32. The molecule has 4 N–H and O–H groups in total. The van der Waals surface area contributed by atoms with Gasteiger partial charge >= 0.3 is 32.5 Å². The van der Waals surface area contributed by atoms with E-state index in [9.17, 15) is 9.59 Å². The van der Waals surface area contributed by atoms with Crippen molar-refractivity contribution in [3.8, 4) is 11.3 Å².